The fraction of sp³-hybridized carbons (Fsp3) is 0.667. The lowest BCUT2D eigenvalue weighted by Crippen LogP contribution is -2.40. The van der Waals surface area contributed by atoms with Gasteiger partial charge in [-0.2, -0.15) is 20.4 Å². The van der Waals surface area contributed by atoms with Crippen LogP contribution in [0.2, 0.25) is 0 Å². The van der Waals surface area contributed by atoms with Gasteiger partial charge in [0.15, 0.2) is 5.69 Å². The molecule has 19 heavy (non-hydrogen) atoms. The zero-order valence-electron chi connectivity index (χ0n) is 11.0. The molecular formula is C12H18N6O. The lowest BCUT2D eigenvalue weighted by Gasteiger charge is -2.34. The Morgan fingerprint density at radius 3 is 2.89 bits per heavy atom. The van der Waals surface area contributed by atoms with E-state index in [0.717, 1.165) is 44.7 Å². The molecule has 2 aromatic rings. The number of hydrogen-bond donors (Lipinski definition) is 2. The zero-order valence-corrected chi connectivity index (χ0v) is 11.0. The summed E-state index contributed by atoms with van der Waals surface area (Å²) in [5.41, 5.74) is 0.644. The molecule has 7 nitrogen and oxygen atoms in total. The Morgan fingerprint density at radius 1 is 1.37 bits per heavy atom. The van der Waals surface area contributed by atoms with Crippen molar-refractivity contribution in [2.75, 3.05) is 13.1 Å². The predicted octanol–water partition coefficient (Wildman–Crippen LogP) is 1.28. The van der Waals surface area contributed by atoms with E-state index in [1.165, 1.54) is 0 Å². The molecule has 2 aromatic heterocycles. The molecule has 1 aliphatic heterocycles. The summed E-state index contributed by atoms with van der Waals surface area (Å²) in [6, 6.07) is 0. The summed E-state index contributed by atoms with van der Waals surface area (Å²) in [4.78, 5) is 4.54. The van der Waals surface area contributed by atoms with Crippen molar-refractivity contribution in [3.63, 3.8) is 0 Å². The van der Waals surface area contributed by atoms with Crippen molar-refractivity contribution < 1.29 is 4.52 Å². The van der Waals surface area contributed by atoms with Gasteiger partial charge in [-0.3, -0.25) is 0 Å². The van der Waals surface area contributed by atoms with Crippen LogP contribution in [0.3, 0.4) is 0 Å². The van der Waals surface area contributed by atoms with Gasteiger partial charge in [0.05, 0.1) is 11.6 Å². The molecule has 0 unspecified atom stereocenters. The Balaban J connectivity index is 1.90. The van der Waals surface area contributed by atoms with E-state index >= 15 is 0 Å². The molecule has 0 aromatic carbocycles. The second kappa shape index (κ2) is 5.08. The minimum absolute atomic E-state index is 0.0228. The highest BCUT2D eigenvalue weighted by atomic mass is 16.5. The normalized spacial score (nSPS) is 18.6. The third kappa shape index (κ3) is 2.25. The number of aromatic nitrogens is 5. The average Bonchev–Trinajstić information content (AvgIpc) is 3.11. The first-order valence-corrected chi connectivity index (χ1v) is 6.75. The molecule has 0 amide bonds. The molecule has 0 spiro atoms. The van der Waals surface area contributed by atoms with Gasteiger partial charge in [0.1, 0.15) is 0 Å². The Bertz CT molecular complexity index is 509. The number of hydrogen-bond acceptors (Lipinski definition) is 6. The average molecular weight is 262 g/mol. The van der Waals surface area contributed by atoms with Crippen LogP contribution in [-0.2, 0) is 5.41 Å². The number of nitrogens with one attached hydrogen (secondary N) is 2. The maximum atomic E-state index is 5.51. The summed E-state index contributed by atoms with van der Waals surface area (Å²) < 4.78 is 5.51. The maximum Gasteiger partial charge on any atom is 0.233 e. The lowest BCUT2D eigenvalue weighted by atomic mass is 9.75. The SMILES string of the molecule is CCCC1(c2nc(-c3cn[nH]n3)no2)CCNCC1. The van der Waals surface area contributed by atoms with Gasteiger partial charge in [-0.1, -0.05) is 18.5 Å². The fourth-order valence-electron chi connectivity index (χ4n) is 2.81. The van der Waals surface area contributed by atoms with Crippen LogP contribution >= 0.6 is 0 Å². The molecule has 2 N–H and O–H groups in total. The monoisotopic (exact) mass is 262 g/mol. The molecule has 1 saturated heterocycles. The van der Waals surface area contributed by atoms with E-state index in [2.05, 4.69) is 37.8 Å². The van der Waals surface area contributed by atoms with Crippen molar-refractivity contribution >= 4 is 0 Å². The van der Waals surface area contributed by atoms with Crippen LogP contribution in [0.5, 0.6) is 0 Å². The van der Waals surface area contributed by atoms with E-state index in [9.17, 15) is 0 Å². The van der Waals surface area contributed by atoms with E-state index in [-0.39, 0.29) is 5.41 Å². The Kier molecular flexibility index (Phi) is 3.29. The van der Waals surface area contributed by atoms with Gasteiger partial charge in [0, 0.05) is 0 Å². The molecule has 0 atom stereocenters. The molecule has 1 aliphatic rings. The minimum atomic E-state index is 0.0228. The van der Waals surface area contributed by atoms with Crippen LogP contribution in [0.25, 0.3) is 11.5 Å². The van der Waals surface area contributed by atoms with Crippen LogP contribution < -0.4 is 5.32 Å². The van der Waals surface area contributed by atoms with E-state index in [4.69, 9.17) is 4.52 Å². The standard InChI is InChI=1S/C12H18N6O/c1-2-3-12(4-6-13-7-5-12)11-15-10(17-19-11)9-8-14-18-16-9/h8,13H,2-7H2,1H3,(H,14,16,18). The van der Waals surface area contributed by atoms with Crippen LogP contribution in [0.4, 0.5) is 0 Å². The summed E-state index contributed by atoms with van der Waals surface area (Å²) in [6.07, 6.45) is 5.88. The maximum absolute atomic E-state index is 5.51. The molecule has 3 heterocycles. The van der Waals surface area contributed by atoms with E-state index in [1.807, 2.05) is 0 Å². The summed E-state index contributed by atoms with van der Waals surface area (Å²) in [5.74, 6) is 1.26. The lowest BCUT2D eigenvalue weighted by molar-refractivity contribution is 0.208. The molecule has 102 valence electrons. The third-order valence-electron chi connectivity index (χ3n) is 3.81. The first-order chi connectivity index (χ1) is 9.34. The van der Waals surface area contributed by atoms with E-state index in [1.54, 1.807) is 6.20 Å². The van der Waals surface area contributed by atoms with Gasteiger partial charge in [-0.15, -0.1) is 0 Å². The predicted molar refractivity (Wildman–Crippen MR) is 68.4 cm³/mol. The molecular weight excluding hydrogens is 244 g/mol. The Hall–Kier alpha value is -1.76. The molecule has 1 fully saturated rings. The van der Waals surface area contributed by atoms with Crippen LogP contribution in [-0.4, -0.2) is 38.6 Å². The summed E-state index contributed by atoms with van der Waals surface area (Å²) in [6.45, 7) is 4.20. The highest BCUT2D eigenvalue weighted by Crippen LogP contribution is 2.37. The first-order valence-electron chi connectivity index (χ1n) is 6.75. The Labute approximate surface area is 111 Å². The highest BCUT2D eigenvalue weighted by Gasteiger charge is 2.38. The van der Waals surface area contributed by atoms with Crippen molar-refractivity contribution in [3.05, 3.63) is 12.1 Å². The van der Waals surface area contributed by atoms with Crippen molar-refractivity contribution in [1.82, 2.24) is 30.9 Å². The van der Waals surface area contributed by atoms with Crippen LogP contribution in [0.15, 0.2) is 10.7 Å². The molecule has 0 radical (unpaired) electrons. The number of H-pyrrole nitrogens is 1. The van der Waals surface area contributed by atoms with Gasteiger partial charge in [-0.25, -0.2) is 0 Å². The highest BCUT2D eigenvalue weighted by molar-refractivity contribution is 5.45. The smallest absolute Gasteiger partial charge is 0.233 e. The largest absolute Gasteiger partial charge is 0.338 e. The minimum Gasteiger partial charge on any atom is -0.338 e. The number of aromatic amines is 1. The second-order valence-corrected chi connectivity index (χ2v) is 5.06. The molecule has 0 aliphatic carbocycles. The van der Waals surface area contributed by atoms with Gasteiger partial charge in [-0.05, 0) is 32.4 Å². The summed E-state index contributed by atoms with van der Waals surface area (Å²) in [5, 5.41) is 17.7. The first kappa shape index (κ1) is 12.3. The van der Waals surface area contributed by atoms with Gasteiger partial charge in [0.25, 0.3) is 0 Å². The summed E-state index contributed by atoms with van der Waals surface area (Å²) in [7, 11) is 0. The molecule has 0 saturated carbocycles. The van der Waals surface area contributed by atoms with Gasteiger partial charge >= 0.3 is 0 Å². The van der Waals surface area contributed by atoms with E-state index < -0.39 is 0 Å². The van der Waals surface area contributed by atoms with Crippen LogP contribution in [0, 0.1) is 0 Å². The number of piperidine rings is 1. The van der Waals surface area contributed by atoms with Crippen molar-refractivity contribution in [1.29, 1.82) is 0 Å². The molecule has 0 bridgehead atoms. The molecule has 3 rings (SSSR count). The topological polar surface area (TPSA) is 92.5 Å². The van der Waals surface area contributed by atoms with Crippen molar-refractivity contribution in [2.45, 2.75) is 38.0 Å². The van der Waals surface area contributed by atoms with Crippen molar-refractivity contribution in [2.24, 2.45) is 0 Å². The molecule has 7 heteroatoms. The Morgan fingerprint density at radius 2 is 2.21 bits per heavy atom. The summed E-state index contributed by atoms with van der Waals surface area (Å²) >= 11 is 0. The zero-order chi connectivity index (χ0) is 13.1. The van der Waals surface area contributed by atoms with E-state index in [0.29, 0.717) is 11.5 Å². The quantitative estimate of drug-likeness (QED) is 0.862. The number of nitrogens with zero attached hydrogens (tertiary/aromatic N) is 4. The van der Waals surface area contributed by atoms with Crippen molar-refractivity contribution in [3.8, 4) is 11.5 Å². The van der Waals surface area contributed by atoms with Gasteiger partial charge < -0.3 is 9.84 Å². The fourth-order valence-corrected chi connectivity index (χ4v) is 2.81. The second-order valence-electron chi connectivity index (χ2n) is 5.06. The third-order valence-corrected chi connectivity index (χ3v) is 3.81. The van der Waals surface area contributed by atoms with Gasteiger partial charge in [0.2, 0.25) is 11.7 Å². The van der Waals surface area contributed by atoms with Crippen LogP contribution in [0.1, 0.15) is 38.5 Å². The number of rotatable bonds is 4.